The highest BCUT2D eigenvalue weighted by atomic mass is 31.2. The highest BCUT2D eigenvalue weighted by Gasteiger charge is 2.34. The van der Waals surface area contributed by atoms with Gasteiger partial charge in [-0.2, -0.15) is 0 Å². The van der Waals surface area contributed by atoms with Crippen LogP contribution in [0.15, 0.2) is 30.5 Å². The number of hydrogen-bond acceptors (Lipinski definition) is 6. The van der Waals surface area contributed by atoms with E-state index in [-0.39, 0.29) is 17.9 Å². The summed E-state index contributed by atoms with van der Waals surface area (Å²) < 4.78 is 28.5. The molecular weight excluding hydrogens is 454 g/mol. The van der Waals surface area contributed by atoms with Crippen LogP contribution in [0.4, 0.5) is 15.0 Å². The normalized spacial score (nSPS) is 16.4. The van der Waals surface area contributed by atoms with Crippen molar-refractivity contribution in [3.05, 3.63) is 53.2 Å². The van der Waals surface area contributed by atoms with Gasteiger partial charge in [0.25, 0.3) is 0 Å². The van der Waals surface area contributed by atoms with Crippen LogP contribution in [0.25, 0.3) is 10.9 Å². The molecule has 3 heterocycles. The number of fused-ring (bicyclic) bond motifs is 1. The van der Waals surface area contributed by atoms with E-state index < -0.39 is 7.14 Å². The molecule has 1 N–H and O–H groups in total. The third-order valence-corrected chi connectivity index (χ3v) is 9.18. The van der Waals surface area contributed by atoms with Crippen molar-refractivity contribution in [1.82, 2.24) is 24.8 Å². The molecule has 0 bridgehead atoms. The lowest BCUT2D eigenvalue weighted by molar-refractivity contribution is 0.175. The van der Waals surface area contributed by atoms with Gasteiger partial charge in [-0.15, -0.1) is 0 Å². The minimum Gasteiger partial charge on any atom is -0.363 e. The first kappa shape index (κ1) is 24.1. The maximum Gasteiger partial charge on any atom is 0.319 e. The number of aryl methyl sites for hydroxylation is 2. The summed E-state index contributed by atoms with van der Waals surface area (Å²) in [6, 6.07) is 6.69. The number of aromatic nitrogens is 3. The largest absolute Gasteiger partial charge is 0.363 e. The summed E-state index contributed by atoms with van der Waals surface area (Å²) in [5.74, 6) is 0.861. The van der Waals surface area contributed by atoms with E-state index >= 15 is 0 Å². The van der Waals surface area contributed by atoms with Gasteiger partial charge in [0, 0.05) is 50.5 Å². The molecule has 0 unspecified atom stereocenters. The highest BCUT2D eigenvalue weighted by Crippen LogP contribution is 2.46. The zero-order valence-corrected chi connectivity index (χ0v) is 21.1. The fourth-order valence-corrected chi connectivity index (χ4v) is 6.69. The molecule has 1 atom stereocenters. The third kappa shape index (κ3) is 4.62. The molecule has 0 spiro atoms. The Labute approximate surface area is 199 Å². The lowest BCUT2D eigenvalue weighted by atomic mass is 10.0. The van der Waals surface area contributed by atoms with Crippen molar-refractivity contribution in [2.75, 3.05) is 44.8 Å². The summed E-state index contributed by atoms with van der Waals surface area (Å²) in [5, 5.41) is 4.01. The Bertz CT molecular complexity index is 1290. The van der Waals surface area contributed by atoms with Crippen LogP contribution in [0.5, 0.6) is 0 Å². The molecule has 34 heavy (non-hydrogen) atoms. The van der Waals surface area contributed by atoms with E-state index in [4.69, 9.17) is 0 Å². The Morgan fingerprint density at radius 3 is 2.59 bits per heavy atom. The van der Waals surface area contributed by atoms with Gasteiger partial charge in [0.05, 0.1) is 17.8 Å². The van der Waals surface area contributed by atoms with Crippen LogP contribution in [0, 0.1) is 19.7 Å². The number of hydrogen-bond donors (Lipinski definition) is 1. The van der Waals surface area contributed by atoms with Crippen molar-refractivity contribution in [2.45, 2.75) is 26.8 Å². The molecule has 1 saturated heterocycles. The van der Waals surface area contributed by atoms with Crippen molar-refractivity contribution in [3.63, 3.8) is 0 Å². The zero-order valence-electron chi connectivity index (χ0n) is 20.2. The fourth-order valence-electron chi connectivity index (χ4n) is 4.25. The molecular formula is C24H30FN6O2P. The van der Waals surface area contributed by atoms with E-state index in [2.05, 4.69) is 20.3 Å². The van der Waals surface area contributed by atoms with Crippen LogP contribution >= 0.6 is 7.14 Å². The molecule has 180 valence electrons. The Hall–Kier alpha value is -3.06. The number of carbonyl (C=O) groups is 1. The topological polar surface area (TPSA) is 91.3 Å². The number of nitrogens with one attached hydrogen (secondary N) is 1. The van der Waals surface area contributed by atoms with Gasteiger partial charge in [-0.3, -0.25) is 4.98 Å². The number of urea groups is 1. The molecule has 8 nitrogen and oxygen atoms in total. The zero-order chi connectivity index (χ0) is 24.6. The molecule has 3 aromatic rings. The Morgan fingerprint density at radius 2 is 1.91 bits per heavy atom. The Balaban J connectivity index is 1.65. The average molecular weight is 485 g/mol. The van der Waals surface area contributed by atoms with Crippen LogP contribution in [-0.4, -0.2) is 70.3 Å². The van der Waals surface area contributed by atoms with Crippen LogP contribution in [-0.2, 0) is 4.57 Å². The summed E-state index contributed by atoms with van der Waals surface area (Å²) in [5.41, 5.74) is 2.27. The van der Waals surface area contributed by atoms with Crippen LogP contribution < -0.4 is 10.8 Å². The van der Waals surface area contributed by atoms with Crippen molar-refractivity contribution in [2.24, 2.45) is 0 Å². The average Bonchev–Trinajstić information content (AvgIpc) is 2.80. The molecule has 1 fully saturated rings. The van der Waals surface area contributed by atoms with Crippen molar-refractivity contribution in [3.8, 4) is 0 Å². The lowest BCUT2D eigenvalue weighted by Gasteiger charge is -2.33. The van der Waals surface area contributed by atoms with Crippen molar-refractivity contribution < 1.29 is 13.8 Å². The quantitative estimate of drug-likeness (QED) is 0.564. The number of amides is 2. The standard InChI is InChI=1S/C24H30FN6O2P/c1-15-7-6-8-18(22(15)25)16(2)27-23-19-13-21(26-14-20(19)28-17(3)29-23)34(33)11-9-31(10-12-34)24(32)30(4)5/h6-8,13-14,16H,9-12H2,1-5H3,(H,27,28,29)/t16-/m1/s1. The number of pyridine rings is 1. The molecule has 1 aromatic carbocycles. The Morgan fingerprint density at radius 1 is 1.21 bits per heavy atom. The second kappa shape index (κ2) is 9.29. The van der Waals surface area contributed by atoms with E-state index in [9.17, 15) is 13.8 Å². The fraction of sp³-hybridized carbons (Fsp3) is 0.417. The number of nitrogens with zero attached hydrogens (tertiary/aromatic N) is 5. The molecule has 4 rings (SSSR count). The summed E-state index contributed by atoms with van der Waals surface area (Å²) in [7, 11) is 0.637. The van der Waals surface area contributed by atoms with Gasteiger partial charge in [-0.25, -0.2) is 19.2 Å². The predicted octanol–water partition coefficient (Wildman–Crippen LogP) is 3.94. The number of anilines is 1. The summed E-state index contributed by atoms with van der Waals surface area (Å²) >= 11 is 0. The predicted molar refractivity (Wildman–Crippen MR) is 133 cm³/mol. The van der Waals surface area contributed by atoms with Gasteiger partial charge >= 0.3 is 6.03 Å². The van der Waals surface area contributed by atoms with Gasteiger partial charge in [0.15, 0.2) is 0 Å². The SMILES string of the molecule is Cc1nc(N[C@H](C)c2cccc(C)c2F)c2cc(P3(=O)CCN(C(=O)N(C)C)CC3)ncc2n1. The molecule has 2 aromatic heterocycles. The number of carbonyl (C=O) groups excluding carboxylic acids is 1. The monoisotopic (exact) mass is 484 g/mol. The van der Waals surface area contributed by atoms with Gasteiger partial charge in [-0.05, 0) is 32.4 Å². The smallest absolute Gasteiger partial charge is 0.319 e. The first-order chi connectivity index (χ1) is 16.1. The van der Waals surface area contributed by atoms with Crippen LogP contribution in [0.1, 0.15) is 29.9 Å². The second-order valence-electron chi connectivity index (χ2n) is 9.02. The number of benzene rings is 1. The highest BCUT2D eigenvalue weighted by molar-refractivity contribution is 7.71. The maximum atomic E-state index is 14.7. The van der Waals surface area contributed by atoms with Crippen molar-refractivity contribution >= 4 is 35.3 Å². The number of rotatable bonds is 4. The van der Waals surface area contributed by atoms with Crippen LogP contribution in [0.2, 0.25) is 0 Å². The van der Waals surface area contributed by atoms with E-state index in [1.165, 1.54) is 4.90 Å². The molecule has 1 aliphatic rings. The minimum atomic E-state index is -2.78. The molecule has 0 radical (unpaired) electrons. The van der Waals surface area contributed by atoms with Crippen molar-refractivity contribution in [1.29, 1.82) is 0 Å². The molecule has 10 heteroatoms. The van der Waals surface area contributed by atoms with Gasteiger partial charge in [0.2, 0.25) is 0 Å². The van der Waals surface area contributed by atoms with Crippen LogP contribution in [0.3, 0.4) is 0 Å². The van der Waals surface area contributed by atoms with E-state index in [0.29, 0.717) is 64.5 Å². The van der Waals surface area contributed by atoms with E-state index in [0.717, 1.165) is 0 Å². The maximum absolute atomic E-state index is 14.7. The molecule has 0 saturated carbocycles. The van der Waals surface area contributed by atoms with Gasteiger partial charge < -0.3 is 19.7 Å². The summed E-state index contributed by atoms with van der Waals surface area (Å²) in [6.07, 6.45) is 2.39. The third-order valence-electron chi connectivity index (χ3n) is 6.25. The minimum absolute atomic E-state index is 0.0783. The van der Waals surface area contributed by atoms with E-state index in [1.54, 1.807) is 57.2 Å². The number of halogens is 1. The summed E-state index contributed by atoms with van der Waals surface area (Å²) in [4.78, 5) is 29.0. The first-order valence-corrected chi connectivity index (χ1v) is 13.4. The second-order valence-corrected chi connectivity index (χ2v) is 12.2. The van der Waals surface area contributed by atoms with Gasteiger partial charge in [-0.1, -0.05) is 18.2 Å². The molecule has 2 amide bonds. The first-order valence-electron chi connectivity index (χ1n) is 11.3. The lowest BCUT2D eigenvalue weighted by Crippen LogP contribution is -2.45. The van der Waals surface area contributed by atoms with E-state index in [1.807, 2.05) is 13.0 Å². The van der Waals surface area contributed by atoms with Gasteiger partial charge in [0.1, 0.15) is 30.0 Å². The molecule has 1 aliphatic heterocycles. The summed E-state index contributed by atoms with van der Waals surface area (Å²) in [6.45, 7) is 6.25. The Kier molecular flexibility index (Phi) is 6.58. The molecule has 0 aliphatic carbocycles.